The molecule has 0 aliphatic carbocycles. The lowest BCUT2D eigenvalue weighted by Gasteiger charge is -2.27. The van der Waals surface area contributed by atoms with E-state index in [2.05, 4.69) is 5.32 Å². The summed E-state index contributed by atoms with van der Waals surface area (Å²) in [6.45, 7) is 2.65. The van der Waals surface area contributed by atoms with Gasteiger partial charge in [-0.25, -0.2) is 0 Å². The lowest BCUT2D eigenvalue weighted by atomic mass is 10.2. The van der Waals surface area contributed by atoms with Crippen molar-refractivity contribution >= 4 is 15.3 Å². The van der Waals surface area contributed by atoms with E-state index >= 15 is 0 Å². The van der Waals surface area contributed by atoms with Crippen molar-refractivity contribution in [2.24, 2.45) is 0 Å². The molecule has 1 saturated heterocycles. The Bertz CT molecular complexity index is 474. The zero-order valence-electron chi connectivity index (χ0n) is 8.89. The largest absolute Gasteiger partial charge is 0.309 e. The van der Waals surface area contributed by atoms with Gasteiger partial charge in [-0.05, 0) is 5.56 Å². The standard InChI is InChI=1S/C11H14N2O2S/c14-16(15)11-8-12-6-7-13(11)9-10-4-2-1-3-5-10/h1-5,12H,6-9H2. The van der Waals surface area contributed by atoms with Crippen LogP contribution in [-0.2, 0) is 16.8 Å². The Hall–Kier alpha value is -1.17. The van der Waals surface area contributed by atoms with Gasteiger partial charge in [0.05, 0.1) is 0 Å². The van der Waals surface area contributed by atoms with E-state index in [0.717, 1.165) is 18.7 Å². The molecule has 1 N–H and O–H groups in total. The summed E-state index contributed by atoms with van der Waals surface area (Å²) in [6, 6.07) is 9.90. The third kappa shape index (κ3) is 2.69. The highest BCUT2D eigenvalue weighted by Crippen LogP contribution is 2.06. The Labute approximate surface area is 96.4 Å². The third-order valence-corrected chi connectivity index (χ3v) is 3.38. The molecule has 0 bridgehead atoms. The summed E-state index contributed by atoms with van der Waals surface area (Å²) < 4.78 is 22.1. The predicted molar refractivity (Wildman–Crippen MR) is 63.6 cm³/mol. The maximum absolute atomic E-state index is 11.0. The van der Waals surface area contributed by atoms with Crippen molar-refractivity contribution in [1.82, 2.24) is 10.2 Å². The quantitative estimate of drug-likeness (QED) is 0.743. The van der Waals surface area contributed by atoms with E-state index in [1.54, 1.807) is 0 Å². The zero-order chi connectivity index (χ0) is 11.4. The van der Waals surface area contributed by atoms with Crippen molar-refractivity contribution < 1.29 is 8.42 Å². The smallest absolute Gasteiger partial charge is 0.229 e. The fourth-order valence-electron chi connectivity index (χ4n) is 1.78. The highest BCUT2D eigenvalue weighted by molar-refractivity contribution is 7.72. The number of rotatable bonds is 2. The molecule has 16 heavy (non-hydrogen) atoms. The number of nitrogens with zero attached hydrogens (tertiary/aromatic N) is 1. The summed E-state index contributed by atoms with van der Waals surface area (Å²) in [4.78, 5) is 2.37. The minimum Gasteiger partial charge on any atom is -0.309 e. The normalized spacial score (nSPS) is 17.4. The highest BCUT2D eigenvalue weighted by Gasteiger charge is 2.18. The van der Waals surface area contributed by atoms with Gasteiger partial charge in [0.25, 0.3) is 0 Å². The van der Waals surface area contributed by atoms with Crippen LogP contribution in [0.3, 0.4) is 0 Å². The monoisotopic (exact) mass is 238 g/mol. The molecule has 0 spiro atoms. The Kier molecular flexibility index (Phi) is 3.71. The molecular formula is C11H14N2O2S. The first-order valence-electron chi connectivity index (χ1n) is 5.22. The van der Waals surface area contributed by atoms with Crippen LogP contribution in [0.1, 0.15) is 5.56 Å². The van der Waals surface area contributed by atoms with E-state index in [1.807, 2.05) is 35.2 Å². The highest BCUT2D eigenvalue weighted by atomic mass is 32.2. The van der Waals surface area contributed by atoms with Crippen LogP contribution in [0.4, 0.5) is 0 Å². The zero-order valence-corrected chi connectivity index (χ0v) is 9.70. The molecule has 0 unspecified atom stereocenters. The predicted octanol–water partition coefficient (Wildman–Crippen LogP) is 0.101. The van der Waals surface area contributed by atoms with Crippen molar-refractivity contribution in [3.63, 3.8) is 0 Å². The fourth-order valence-corrected chi connectivity index (χ4v) is 2.37. The van der Waals surface area contributed by atoms with Crippen molar-refractivity contribution in [1.29, 1.82) is 0 Å². The summed E-state index contributed by atoms with van der Waals surface area (Å²) in [6.07, 6.45) is 0. The Morgan fingerprint density at radius 1 is 1.25 bits per heavy atom. The van der Waals surface area contributed by atoms with Crippen LogP contribution in [0.5, 0.6) is 0 Å². The molecule has 0 radical (unpaired) electrons. The number of hydrogen-bond acceptors (Lipinski definition) is 3. The van der Waals surface area contributed by atoms with Crippen LogP contribution in [0, 0.1) is 0 Å². The summed E-state index contributed by atoms with van der Waals surface area (Å²) >= 11 is 0. The summed E-state index contributed by atoms with van der Waals surface area (Å²) in [7, 11) is -2.13. The van der Waals surface area contributed by atoms with Crippen LogP contribution < -0.4 is 5.32 Å². The first-order chi connectivity index (χ1) is 7.77. The molecule has 0 saturated carbocycles. The SMILES string of the molecule is O=S(=O)=C1CNCCN1Cc1ccccc1. The molecule has 1 aromatic rings. The molecule has 1 aliphatic rings. The molecule has 0 atom stereocenters. The van der Waals surface area contributed by atoms with Crippen LogP contribution in [0.25, 0.3) is 0 Å². The number of nitrogens with one attached hydrogen (secondary N) is 1. The van der Waals surface area contributed by atoms with Gasteiger partial charge in [0.15, 0.2) is 0 Å². The Morgan fingerprint density at radius 2 is 2.00 bits per heavy atom. The van der Waals surface area contributed by atoms with Crippen molar-refractivity contribution in [3.8, 4) is 0 Å². The van der Waals surface area contributed by atoms with Gasteiger partial charge in [-0.1, -0.05) is 30.3 Å². The van der Waals surface area contributed by atoms with Crippen LogP contribution in [0.2, 0.25) is 0 Å². The Balaban J connectivity index is 2.17. The van der Waals surface area contributed by atoms with Crippen LogP contribution in [-0.4, -0.2) is 37.9 Å². The molecule has 4 nitrogen and oxygen atoms in total. The van der Waals surface area contributed by atoms with Crippen molar-refractivity contribution in [2.75, 3.05) is 19.6 Å². The fraction of sp³-hybridized carbons (Fsp3) is 0.364. The maximum atomic E-state index is 11.0. The summed E-state index contributed by atoms with van der Waals surface area (Å²) in [5.74, 6) is 0. The minimum atomic E-state index is -2.13. The molecule has 0 amide bonds. The molecule has 2 rings (SSSR count). The van der Waals surface area contributed by atoms with Gasteiger partial charge in [0.1, 0.15) is 4.99 Å². The van der Waals surface area contributed by atoms with E-state index in [-0.39, 0.29) is 0 Å². The second-order valence-corrected chi connectivity index (χ2v) is 4.65. The molecule has 0 aromatic heterocycles. The Morgan fingerprint density at radius 3 is 2.69 bits per heavy atom. The van der Waals surface area contributed by atoms with Gasteiger partial charge in [-0.3, -0.25) is 4.90 Å². The molecule has 5 heteroatoms. The van der Waals surface area contributed by atoms with Gasteiger partial charge in [0.2, 0.25) is 10.3 Å². The first kappa shape index (κ1) is 11.3. The van der Waals surface area contributed by atoms with Gasteiger partial charge >= 0.3 is 0 Å². The number of piperazine rings is 1. The van der Waals surface area contributed by atoms with E-state index in [4.69, 9.17) is 0 Å². The first-order valence-corrected chi connectivity index (χ1v) is 6.29. The molecule has 1 aliphatic heterocycles. The minimum absolute atomic E-state index is 0.433. The molecule has 1 aromatic carbocycles. The summed E-state index contributed by atoms with van der Waals surface area (Å²) in [5, 5.41) is 3.06. The average molecular weight is 238 g/mol. The van der Waals surface area contributed by atoms with E-state index in [9.17, 15) is 8.42 Å². The molecular weight excluding hydrogens is 224 g/mol. The van der Waals surface area contributed by atoms with Crippen molar-refractivity contribution in [3.05, 3.63) is 35.9 Å². The van der Waals surface area contributed by atoms with E-state index in [0.29, 0.717) is 18.1 Å². The van der Waals surface area contributed by atoms with Gasteiger partial charge in [0, 0.05) is 26.2 Å². The second kappa shape index (κ2) is 5.25. The maximum Gasteiger partial charge on any atom is 0.229 e. The number of benzene rings is 1. The summed E-state index contributed by atoms with van der Waals surface area (Å²) in [5.41, 5.74) is 1.13. The van der Waals surface area contributed by atoms with Crippen LogP contribution in [0.15, 0.2) is 30.3 Å². The number of hydrogen-bond donors (Lipinski definition) is 1. The molecule has 1 fully saturated rings. The van der Waals surface area contributed by atoms with Gasteiger partial charge in [-0.2, -0.15) is 8.42 Å². The van der Waals surface area contributed by atoms with Crippen molar-refractivity contribution in [2.45, 2.75) is 6.54 Å². The lowest BCUT2D eigenvalue weighted by Crippen LogP contribution is -2.48. The van der Waals surface area contributed by atoms with Gasteiger partial charge < -0.3 is 5.32 Å². The van der Waals surface area contributed by atoms with E-state index in [1.165, 1.54) is 0 Å². The second-order valence-electron chi connectivity index (χ2n) is 3.71. The van der Waals surface area contributed by atoms with Gasteiger partial charge in [-0.15, -0.1) is 0 Å². The average Bonchev–Trinajstić information content (AvgIpc) is 2.31. The third-order valence-electron chi connectivity index (χ3n) is 2.60. The lowest BCUT2D eigenvalue weighted by molar-refractivity contribution is 0.381. The molecule has 1 heterocycles. The molecule has 86 valence electrons. The van der Waals surface area contributed by atoms with E-state index < -0.39 is 10.3 Å². The van der Waals surface area contributed by atoms with Crippen LogP contribution >= 0.6 is 0 Å². The topological polar surface area (TPSA) is 49.4 Å².